The fourth-order valence-corrected chi connectivity index (χ4v) is 3.72. The standard InChI is InChI=1S/C25H36N4O/c1-21-9-11-22(12-10-21)19-28-25(26-2)27-15-6-18-30-24-13-16-29(17-14-24)20-23-7-4-3-5-8-23/h3-5,7-12,24H,6,13-20H2,1-2H3,(H2,26,27,28). The van der Waals surface area contributed by atoms with Gasteiger partial charge in [0.25, 0.3) is 0 Å². The Morgan fingerprint density at radius 2 is 1.73 bits per heavy atom. The van der Waals surface area contributed by atoms with Crippen molar-refractivity contribution in [3.8, 4) is 0 Å². The van der Waals surface area contributed by atoms with E-state index in [1.54, 1.807) is 0 Å². The second-order valence-corrected chi connectivity index (χ2v) is 8.02. The van der Waals surface area contributed by atoms with Gasteiger partial charge in [-0.1, -0.05) is 60.2 Å². The highest BCUT2D eigenvalue weighted by Crippen LogP contribution is 2.16. The van der Waals surface area contributed by atoms with Gasteiger partial charge in [0.05, 0.1) is 6.10 Å². The van der Waals surface area contributed by atoms with Gasteiger partial charge in [-0.05, 0) is 37.3 Å². The number of rotatable bonds is 9. The van der Waals surface area contributed by atoms with Gasteiger partial charge >= 0.3 is 0 Å². The number of hydrogen-bond donors (Lipinski definition) is 2. The summed E-state index contributed by atoms with van der Waals surface area (Å²) in [5.74, 6) is 0.838. The van der Waals surface area contributed by atoms with Crippen LogP contribution in [0.1, 0.15) is 36.0 Å². The summed E-state index contributed by atoms with van der Waals surface area (Å²) in [7, 11) is 1.81. The summed E-state index contributed by atoms with van der Waals surface area (Å²) in [4.78, 5) is 6.83. The lowest BCUT2D eigenvalue weighted by atomic mass is 10.1. The third kappa shape index (κ3) is 7.81. The van der Waals surface area contributed by atoms with Gasteiger partial charge in [0.2, 0.25) is 0 Å². The highest BCUT2D eigenvalue weighted by Gasteiger charge is 2.19. The molecule has 0 bridgehead atoms. The van der Waals surface area contributed by atoms with Crippen LogP contribution in [0.3, 0.4) is 0 Å². The topological polar surface area (TPSA) is 48.9 Å². The molecule has 0 amide bonds. The summed E-state index contributed by atoms with van der Waals surface area (Å²) in [5, 5.41) is 6.74. The van der Waals surface area contributed by atoms with E-state index in [4.69, 9.17) is 4.74 Å². The first-order valence-electron chi connectivity index (χ1n) is 11.1. The second kappa shape index (κ2) is 12.4. The molecule has 1 aliphatic rings. The quantitative estimate of drug-likeness (QED) is 0.377. The van der Waals surface area contributed by atoms with Crippen molar-refractivity contribution in [1.82, 2.24) is 15.5 Å². The number of piperidine rings is 1. The molecule has 30 heavy (non-hydrogen) atoms. The van der Waals surface area contributed by atoms with Gasteiger partial charge in [-0.3, -0.25) is 9.89 Å². The van der Waals surface area contributed by atoms with Crippen LogP contribution in [0.5, 0.6) is 0 Å². The third-order valence-corrected chi connectivity index (χ3v) is 5.55. The van der Waals surface area contributed by atoms with Gasteiger partial charge in [0, 0.05) is 46.4 Å². The van der Waals surface area contributed by atoms with Gasteiger partial charge in [-0.2, -0.15) is 0 Å². The Kier molecular flexibility index (Phi) is 9.19. The summed E-state index contributed by atoms with van der Waals surface area (Å²) < 4.78 is 6.11. The number of benzene rings is 2. The molecule has 0 aliphatic carbocycles. The van der Waals surface area contributed by atoms with Crippen molar-refractivity contribution in [2.24, 2.45) is 4.99 Å². The van der Waals surface area contributed by atoms with Crippen molar-refractivity contribution in [2.45, 2.75) is 45.4 Å². The minimum Gasteiger partial charge on any atom is -0.378 e. The number of hydrogen-bond acceptors (Lipinski definition) is 3. The van der Waals surface area contributed by atoms with E-state index >= 15 is 0 Å². The van der Waals surface area contributed by atoms with Gasteiger partial charge in [-0.25, -0.2) is 0 Å². The number of aliphatic imine (C=N–C) groups is 1. The van der Waals surface area contributed by atoms with Crippen LogP contribution in [0.4, 0.5) is 0 Å². The number of nitrogens with one attached hydrogen (secondary N) is 2. The average Bonchev–Trinajstić information content (AvgIpc) is 2.78. The summed E-state index contributed by atoms with van der Waals surface area (Å²) in [5.41, 5.74) is 3.93. The van der Waals surface area contributed by atoms with Crippen LogP contribution in [-0.4, -0.2) is 50.3 Å². The van der Waals surface area contributed by atoms with E-state index in [0.717, 1.165) is 64.6 Å². The molecule has 1 aliphatic heterocycles. The Bertz CT molecular complexity index is 752. The van der Waals surface area contributed by atoms with Crippen molar-refractivity contribution in [2.75, 3.05) is 33.3 Å². The van der Waals surface area contributed by atoms with Crippen molar-refractivity contribution in [3.05, 3.63) is 71.3 Å². The second-order valence-electron chi connectivity index (χ2n) is 8.02. The molecule has 0 aromatic heterocycles. The first-order chi connectivity index (χ1) is 14.7. The smallest absolute Gasteiger partial charge is 0.191 e. The predicted molar refractivity (Wildman–Crippen MR) is 125 cm³/mol. The number of ether oxygens (including phenoxy) is 1. The lowest BCUT2D eigenvalue weighted by Gasteiger charge is -2.32. The Hall–Kier alpha value is -2.37. The molecule has 1 heterocycles. The van der Waals surface area contributed by atoms with Crippen molar-refractivity contribution in [3.63, 3.8) is 0 Å². The van der Waals surface area contributed by atoms with Crippen LogP contribution < -0.4 is 10.6 Å². The number of aryl methyl sites for hydroxylation is 1. The minimum atomic E-state index is 0.399. The highest BCUT2D eigenvalue weighted by atomic mass is 16.5. The van der Waals surface area contributed by atoms with Crippen molar-refractivity contribution >= 4 is 5.96 Å². The van der Waals surface area contributed by atoms with Gasteiger partial charge in [0.1, 0.15) is 0 Å². The highest BCUT2D eigenvalue weighted by molar-refractivity contribution is 5.79. The van der Waals surface area contributed by atoms with Crippen LogP contribution in [-0.2, 0) is 17.8 Å². The lowest BCUT2D eigenvalue weighted by molar-refractivity contribution is 0.00534. The molecule has 5 nitrogen and oxygen atoms in total. The zero-order chi connectivity index (χ0) is 21.0. The molecule has 1 saturated heterocycles. The molecular weight excluding hydrogens is 372 g/mol. The normalized spacial score (nSPS) is 15.9. The molecule has 0 unspecified atom stereocenters. The van der Waals surface area contributed by atoms with E-state index in [-0.39, 0.29) is 0 Å². The maximum Gasteiger partial charge on any atom is 0.191 e. The van der Waals surface area contributed by atoms with Crippen molar-refractivity contribution < 1.29 is 4.74 Å². The van der Waals surface area contributed by atoms with Crippen LogP contribution >= 0.6 is 0 Å². The first-order valence-corrected chi connectivity index (χ1v) is 11.1. The van der Waals surface area contributed by atoms with Gasteiger partial charge in [0.15, 0.2) is 5.96 Å². The van der Waals surface area contributed by atoms with Gasteiger partial charge < -0.3 is 15.4 Å². The third-order valence-electron chi connectivity index (χ3n) is 5.55. The number of guanidine groups is 1. The molecule has 2 aromatic rings. The Morgan fingerprint density at radius 3 is 2.43 bits per heavy atom. The van der Waals surface area contributed by atoms with Crippen LogP contribution in [0, 0.1) is 6.92 Å². The number of likely N-dealkylation sites (tertiary alicyclic amines) is 1. The summed E-state index contributed by atoms with van der Waals surface area (Å²) >= 11 is 0. The van der Waals surface area contributed by atoms with E-state index in [1.165, 1.54) is 16.7 Å². The maximum atomic E-state index is 6.11. The largest absolute Gasteiger partial charge is 0.378 e. The van der Waals surface area contributed by atoms with E-state index < -0.39 is 0 Å². The first kappa shape index (κ1) is 22.3. The molecule has 0 saturated carbocycles. The fraction of sp³-hybridized carbons (Fsp3) is 0.480. The van der Waals surface area contributed by atoms with E-state index in [9.17, 15) is 0 Å². The zero-order valence-electron chi connectivity index (χ0n) is 18.4. The van der Waals surface area contributed by atoms with Crippen molar-refractivity contribution in [1.29, 1.82) is 0 Å². The molecule has 5 heteroatoms. The van der Waals surface area contributed by atoms with E-state index in [1.807, 2.05) is 7.05 Å². The predicted octanol–water partition coefficient (Wildman–Crippen LogP) is 3.73. The zero-order valence-corrected chi connectivity index (χ0v) is 18.4. The van der Waals surface area contributed by atoms with Crippen LogP contribution in [0.25, 0.3) is 0 Å². The Labute approximate surface area is 181 Å². The molecule has 0 spiro atoms. The minimum absolute atomic E-state index is 0.399. The molecular formula is C25H36N4O. The molecule has 0 atom stereocenters. The Morgan fingerprint density at radius 1 is 1.00 bits per heavy atom. The number of nitrogens with zero attached hydrogens (tertiary/aromatic N) is 2. The molecule has 162 valence electrons. The summed E-state index contributed by atoms with van der Waals surface area (Å²) in [6.07, 6.45) is 3.63. The monoisotopic (exact) mass is 408 g/mol. The Balaban J connectivity index is 1.24. The SMILES string of the molecule is CN=C(NCCCOC1CCN(Cc2ccccc2)CC1)NCc1ccc(C)cc1. The summed E-state index contributed by atoms with van der Waals surface area (Å²) in [6.45, 7) is 7.82. The molecule has 2 aromatic carbocycles. The lowest BCUT2D eigenvalue weighted by Crippen LogP contribution is -2.38. The van der Waals surface area contributed by atoms with Gasteiger partial charge in [-0.15, -0.1) is 0 Å². The fourth-order valence-electron chi connectivity index (χ4n) is 3.72. The van der Waals surface area contributed by atoms with Crippen LogP contribution in [0.15, 0.2) is 59.6 Å². The van der Waals surface area contributed by atoms with Crippen LogP contribution in [0.2, 0.25) is 0 Å². The summed E-state index contributed by atoms with van der Waals surface area (Å²) in [6, 6.07) is 19.3. The molecule has 2 N–H and O–H groups in total. The average molecular weight is 409 g/mol. The van der Waals surface area contributed by atoms with E-state index in [2.05, 4.69) is 82.0 Å². The molecule has 3 rings (SSSR count). The molecule has 0 radical (unpaired) electrons. The molecule has 1 fully saturated rings. The van der Waals surface area contributed by atoms with E-state index in [0.29, 0.717) is 6.10 Å². The maximum absolute atomic E-state index is 6.11.